The summed E-state index contributed by atoms with van der Waals surface area (Å²) in [6, 6.07) is 3.63. The average molecular weight is 216 g/mol. The Bertz CT molecular complexity index is 383. The molecular formula is C10H10F2O3. The number of aromatic carboxylic acids is 1. The zero-order chi connectivity index (χ0) is 11.6. The fourth-order valence-electron chi connectivity index (χ4n) is 1.27. The summed E-state index contributed by atoms with van der Waals surface area (Å²) in [7, 11) is 1.16. The summed E-state index contributed by atoms with van der Waals surface area (Å²) in [4.78, 5) is 10.7. The minimum Gasteiger partial charge on any atom is -0.495 e. The minimum atomic E-state index is -3.13. The van der Waals surface area contributed by atoms with Gasteiger partial charge in [-0.15, -0.1) is 0 Å². The van der Waals surface area contributed by atoms with Gasteiger partial charge in [-0.25, -0.2) is 13.6 Å². The fourth-order valence-corrected chi connectivity index (χ4v) is 1.27. The second-order valence-electron chi connectivity index (χ2n) is 3.08. The van der Waals surface area contributed by atoms with Crippen molar-refractivity contribution < 1.29 is 23.4 Å². The number of hydrogen-bond donors (Lipinski definition) is 1. The van der Waals surface area contributed by atoms with Gasteiger partial charge in [0.15, 0.2) is 0 Å². The van der Waals surface area contributed by atoms with Crippen LogP contribution < -0.4 is 4.74 Å². The third-order valence-electron chi connectivity index (χ3n) is 1.92. The second kappa shape index (κ2) is 3.84. The van der Waals surface area contributed by atoms with Gasteiger partial charge in [-0.1, -0.05) is 6.07 Å². The first-order chi connectivity index (χ1) is 6.88. The van der Waals surface area contributed by atoms with E-state index in [1.165, 1.54) is 12.1 Å². The van der Waals surface area contributed by atoms with E-state index >= 15 is 0 Å². The molecule has 1 rings (SSSR count). The Morgan fingerprint density at radius 1 is 1.47 bits per heavy atom. The van der Waals surface area contributed by atoms with Crippen molar-refractivity contribution in [2.24, 2.45) is 0 Å². The van der Waals surface area contributed by atoms with Crippen molar-refractivity contribution >= 4 is 5.97 Å². The Hall–Kier alpha value is -1.65. The van der Waals surface area contributed by atoms with Crippen molar-refractivity contribution in [3.63, 3.8) is 0 Å². The van der Waals surface area contributed by atoms with Crippen LogP contribution >= 0.6 is 0 Å². The van der Waals surface area contributed by atoms with Gasteiger partial charge in [-0.3, -0.25) is 0 Å². The van der Waals surface area contributed by atoms with Gasteiger partial charge >= 0.3 is 5.97 Å². The number of benzene rings is 1. The zero-order valence-electron chi connectivity index (χ0n) is 8.25. The Morgan fingerprint density at radius 2 is 2.07 bits per heavy atom. The zero-order valence-corrected chi connectivity index (χ0v) is 8.25. The molecule has 1 aromatic rings. The van der Waals surface area contributed by atoms with Crippen molar-refractivity contribution in [1.82, 2.24) is 0 Å². The van der Waals surface area contributed by atoms with Crippen LogP contribution in [0.3, 0.4) is 0 Å². The van der Waals surface area contributed by atoms with Gasteiger partial charge in [0, 0.05) is 6.92 Å². The molecule has 0 saturated heterocycles. The first-order valence-corrected chi connectivity index (χ1v) is 4.16. The highest BCUT2D eigenvalue weighted by molar-refractivity contribution is 5.91. The van der Waals surface area contributed by atoms with Gasteiger partial charge in [-0.2, -0.15) is 0 Å². The molecule has 0 aliphatic rings. The highest BCUT2D eigenvalue weighted by atomic mass is 19.3. The number of halogens is 2. The van der Waals surface area contributed by atoms with Gasteiger partial charge in [0.05, 0.1) is 12.7 Å². The highest BCUT2D eigenvalue weighted by Crippen LogP contribution is 2.36. The molecule has 0 saturated carbocycles. The molecular weight excluding hydrogens is 206 g/mol. The first kappa shape index (κ1) is 11.4. The number of ether oxygens (including phenoxy) is 1. The molecule has 0 atom stereocenters. The Kier molecular flexibility index (Phi) is 2.93. The average Bonchev–Trinajstić information content (AvgIpc) is 2.15. The number of alkyl halides is 2. The molecule has 0 heterocycles. The quantitative estimate of drug-likeness (QED) is 0.844. The topological polar surface area (TPSA) is 46.5 Å². The molecule has 0 bridgehead atoms. The largest absolute Gasteiger partial charge is 0.495 e. The van der Waals surface area contributed by atoms with Crippen LogP contribution in [-0.4, -0.2) is 18.2 Å². The Balaban J connectivity index is 3.42. The van der Waals surface area contributed by atoms with Crippen molar-refractivity contribution in [2.45, 2.75) is 12.8 Å². The lowest BCUT2D eigenvalue weighted by Crippen LogP contribution is -2.12. The van der Waals surface area contributed by atoms with Crippen LogP contribution in [0.2, 0.25) is 0 Å². The molecule has 0 amide bonds. The monoisotopic (exact) mass is 216 g/mol. The summed E-state index contributed by atoms with van der Waals surface area (Å²) in [5.41, 5.74) is -0.693. The van der Waals surface area contributed by atoms with Gasteiger partial charge in [-0.05, 0) is 12.1 Å². The summed E-state index contributed by atoms with van der Waals surface area (Å²) in [6.07, 6.45) is 0. The third kappa shape index (κ3) is 2.23. The van der Waals surface area contributed by atoms with Gasteiger partial charge < -0.3 is 9.84 Å². The van der Waals surface area contributed by atoms with E-state index in [4.69, 9.17) is 9.84 Å². The molecule has 0 radical (unpaired) electrons. The van der Waals surface area contributed by atoms with E-state index in [1.54, 1.807) is 0 Å². The minimum absolute atomic E-state index is 0.267. The SMILES string of the molecule is COc1c(C(=O)O)cccc1C(C)(F)F. The number of carboxylic acid groups (broad SMARTS) is 1. The van der Waals surface area contributed by atoms with Crippen LogP contribution in [0.15, 0.2) is 18.2 Å². The maximum absolute atomic E-state index is 13.1. The first-order valence-electron chi connectivity index (χ1n) is 4.16. The van der Waals surface area contributed by atoms with E-state index in [0.29, 0.717) is 6.92 Å². The number of methoxy groups -OCH3 is 1. The number of carbonyl (C=O) groups is 1. The van der Waals surface area contributed by atoms with Crippen molar-refractivity contribution in [3.8, 4) is 5.75 Å². The number of rotatable bonds is 3. The maximum Gasteiger partial charge on any atom is 0.339 e. The van der Waals surface area contributed by atoms with E-state index in [1.807, 2.05) is 0 Å². The van der Waals surface area contributed by atoms with Gasteiger partial charge in [0.2, 0.25) is 0 Å². The molecule has 0 aromatic heterocycles. The lowest BCUT2D eigenvalue weighted by Gasteiger charge is -2.16. The van der Waals surface area contributed by atoms with Crippen LogP contribution in [-0.2, 0) is 5.92 Å². The Morgan fingerprint density at radius 3 is 2.47 bits per heavy atom. The molecule has 82 valence electrons. The lowest BCUT2D eigenvalue weighted by atomic mass is 10.0. The summed E-state index contributed by atoms with van der Waals surface area (Å²) < 4.78 is 30.8. The fraction of sp³-hybridized carbons (Fsp3) is 0.300. The van der Waals surface area contributed by atoms with E-state index in [-0.39, 0.29) is 11.3 Å². The smallest absolute Gasteiger partial charge is 0.339 e. The van der Waals surface area contributed by atoms with Crippen LogP contribution in [0, 0.1) is 0 Å². The molecule has 0 spiro atoms. The predicted molar refractivity (Wildman–Crippen MR) is 49.5 cm³/mol. The molecule has 0 aliphatic heterocycles. The summed E-state index contributed by atoms with van der Waals surface area (Å²) >= 11 is 0. The summed E-state index contributed by atoms with van der Waals surface area (Å²) in [6.45, 7) is 0.691. The van der Waals surface area contributed by atoms with E-state index < -0.39 is 17.5 Å². The molecule has 0 aliphatic carbocycles. The normalized spacial score (nSPS) is 11.2. The van der Waals surface area contributed by atoms with Crippen LogP contribution in [0.5, 0.6) is 5.75 Å². The third-order valence-corrected chi connectivity index (χ3v) is 1.92. The number of carboxylic acids is 1. The van der Waals surface area contributed by atoms with Gasteiger partial charge in [0.1, 0.15) is 11.3 Å². The summed E-state index contributed by atoms with van der Waals surface area (Å²) in [5.74, 6) is -4.72. The van der Waals surface area contributed by atoms with E-state index in [9.17, 15) is 13.6 Å². The van der Waals surface area contributed by atoms with Crippen molar-refractivity contribution in [1.29, 1.82) is 0 Å². The van der Waals surface area contributed by atoms with Crippen molar-refractivity contribution in [2.75, 3.05) is 7.11 Å². The molecule has 3 nitrogen and oxygen atoms in total. The summed E-state index contributed by atoms with van der Waals surface area (Å²) in [5, 5.41) is 8.76. The molecule has 15 heavy (non-hydrogen) atoms. The Labute approximate surface area is 85.3 Å². The van der Waals surface area contributed by atoms with E-state index in [0.717, 1.165) is 13.2 Å². The van der Waals surface area contributed by atoms with Crippen LogP contribution in [0.25, 0.3) is 0 Å². The van der Waals surface area contributed by atoms with Crippen LogP contribution in [0.4, 0.5) is 8.78 Å². The van der Waals surface area contributed by atoms with E-state index in [2.05, 4.69) is 0 Å². The van der Waals surface area contributed by atoms with Gasteiger partial charge in [0.25, 0.3) is 5.92 Å². The molecule has 1 N–H and O–H groups in total. The molecule has 5 heteroatoms. The second-order valence-corrected chi connectivity index (χ2v) is 3.08. The van der Waals surface area contributed by atoms with Crippen LogP contribution in [0.1, 0.15) is 22.8 Å². The molecule has 0 unspecified atom stereocenters. The van der Waals surface area contributed by atoms with Crippen molar-refractivity contribution in [3.05, 3.63) is 29.3 Å². The molecule has 1 aromatic carbocycles. The molecule has 0 fully saturated rings. The lowest BCUT2D eigenvalue weighted by molar-refractivity contribution is 0.0149. The highest BCUT2D eigenvalue weighted by Gasteiger charge is 2.30. The number of hydrogen-bond acceptors (Lipinski definition) is 2. The predicted octanol–water partition coefficient (Wildman–Crippen LogP) is 2.51. The number of para-hydroxylation sites is 1. The standard InChI is InChI=1S/C10H10F2O3/c1-10(11,12)7-5-3-4-6(9(13)14)8(7)15-2/h3-5H,1-2H3,(H,13,14). The maximum atomic E-state index is 13.1.